The van der Waals surface area contributed by atoms with Gasteiger partial charge in [-0.05, 0) is 30.5 Å². The third-order valence-electron chi connectivity index (χ3n) is 5.21. The number of methoxy groups -OCH3 is 3. The number of anilines is 2. The molecule has 32 heavy (non-hydrogen) atoms. The predicted octanol–water partition coefficient (Wildman–Crippen LogP) is 2.42. The van der Waals surface area contributed by atoms with Gasteiger partial charge in [-0.15, -0.1) is 0 Å². The number of benzene rings is 2. The Morgan fingerprint density at radius 1 is 1.12 bits per heavy atom. The van der Waals surface area contributed by atoms with E-state index in [1.165, 1.54) is 21.3 Å². The molecule has 0 atom stereocenters. The van der Waals surface area contributed by atoms with Crippen molar-refractivity contribution in [3.8, 4) is 17.2 Å². The van der Waals surface area contributed by atoms with E-state index in [0.717, 1.165) is 30.6 Å². The molecule has 1 aromatic heterocycles. The Balaban J connectivity index is 1.77. The number of nitrogens with zero attached hydrogens (tertiary/aromatic N) is 2. The maximum atomic E-state index is 12.8. The molecule has 0 radical (unpaired) electrons. The van der Waals surface area contributed by atoms with Crippen molar-refractivity contribution in [2.24, 2.45) is 0 Å². The molecule has 0 amide bonds. The van der Waals surface area contributed by atoms with Gasteiger partial charge in [0.05, 0.1) is 26.8 Å². The third kappa shape index (κ3) is 5.05. The molecule has 0 aliphatic heterocycles. The smallest absolute Gasteiger partial charge is 0.264 e. The minimum atomic E-state index is -0.331. The van der Waals surface area contributed by atoms with Crippen LogP contribution in [0.1, 0.15) is 12.0 Å². The summed E-state index contributed by atoms with van der Waals surface area (Å²) in [4.78, 5) is 22.2. The lowest BCUT2D eigenvalue weighted by atomic mass is 10.1. The van der Waals surface area contributed by atoms with Crippen molar-refractivity contribution in [1.29, 1.82) is 0 Å². The molecule has 3 aromatic rings. The number of aliphatic hydroxyl groups excluding tert-OH is 1. The van der Waals surface area contributed by atoms with Crippen LogP contribution in [0.25, 0.3) is 10.9 Å². The summed E-state index contributed by atoms with van der Waals surface area (Å²) in [6, 6.07) is 9.90. The van der Waals surface area contributed by atoms with Crippen molar-refractivity contribution in [3.05, 3.63) is 46.2 Å². The van der Waals surface area contributed by atoms with Gasteiger partial charge in [0.2, 0.25) is 11.7 Å². The van der Waals surface area contributed by atoms with Gasteiger partial charge in [-0.25, -0.2) is 4.98 Å². The van der Waals surface area contributed by atoms with Crippen molar-refractivity contribution < 1.29 is 19.3 Å². The van der Waals surface area contributed by atoms with E-state index in [1.807, 2.05) is 19.2 Å². The lowest BCUT2D eigenvalue weighted by molar-refractivity contribution is 0.290. The fourth-order valence-corrected chi connectivity index (χ4v) is 3.56. The quantitative estimate of drug-likeness (QED) is 0.415. The number of H-pyrrole nitrogens is 1. The number of aromatic amines is 1. The highest BCUT2D eigenvalue weighted by atomic mass is 16.5. The molecule has 0 saturated carbocycles. The third-order valence-corrected chi connectivity index (χ3v) is 5.21. The molecule has 0 fully saturated rings. The number of ether oxygens (including phenoxy) is 3. The minimum absolute atomic E-state index is 0.176. The monoisotopic (exact) mass is 442 g/mol. The van der Waals surface area contributed by atoms with Crippen LogP contribution in [0.2, 0.25) is 0 Å². The average Bonchev–Trinajstić information content (AvgIpc) is 2.81. The SMILES string of the molecule is COc1cc2nc(NCCc3cccc(N(C)CCCO)c3)[nH]c(=O)c2c(OC)c1OC. The summed E-state index contributed by atoms with van der Waals surface area (Å²) >= 11 is 0. The van der Waals surface area contributed by atoms with E-state index in [4.69, 9.17) is 19.3 Å². The molecule has 0 unspecified atom stereocenters. The zero-order valence-electron chi connectivity index (χ0n) is 18.9. The maximum Gasteiger partial charge on any atom is 0.264 e. The first-order chi connectivity index (χ1) is 15.5. The average molecular weight is 443 g/mol. The fourth-order valence-electron chi connectivity index (χ4n) is 3.56. The van der Waals surface area contributed by atoms with Gasteiger partial charge in [0.1, 0.15) is 5.39 Å². The molecule has 0 saturated heterocycles. The number of hydrogen-bond donors (Lipinski definition) is 3. The summed E-state index contributed by atoms with van der Waals surface area (Å²) in [5, 5.41) is 12.5. The van der Waals surface area contributed by atoms with Crippen LogP contribution in [0.15, 0.2) is 35.1 Å². The Labute approximate surface area is 187 Å². The Hall–Kier alpha value is -3.46. The second-order valence-electron chi connectivity index (χ2n) is 7.30. The molecule has 0 bridgehead atoms. The maximum absolute atomic E-state index is 12.8. The van der Waals surface area contributed by atoms with E-state index in [-0.39, 0.29) is 17.9 Å². The standard InChI is InChI=1S/C23H30N4O5/c1-27(11-6-12-28)16-8-5-7-15(13-16)9-10-24-23-25-17-14-18(30-2)20(31-3)21(32-4)19(17)22(29)26-23/h5,7-8,13-14,28H,6,9-12H2,1-4H3,(H2,24,25,26,29). The molecule has 172 valence electrons. The van der Waals surface area contributed by atoms with Gasteiger partial charge < -0.3 is 29.5 Å². The van der Waals surface area contributed by atoms with Crippen LogP contribution in [0.4, 0.5) is 11.6 Å². The fraction of sp³-hybridized carbons (Fsp3) is 0.391. The summed E-state index contributed by atoms with van der Waals surface area (Å²) in [5.74, 6) is 1.43. The van der Waals surface area contributed by atoms with Crippen LogP contribution in [0, 0.1) is 0 Å². The van der Waals surface area contributed by atoms with Crippen molar-refractivity contribution in [3.63, 3.8) is 0 Å². The molecule has 3 N–H and O–H groups in total. The van der Waals surface area contributed by atoms with Gasteiger partial charge in [0, 0.05) is 38.5 Å². The number of hydrogen-bond acceptors (Lipinski definition) is 8. The van der Waals surface area contributed by atoms with Crippen LogP contribution in [0.3, 0.4) is 0 Å². The molecule has 2 aromatic carbocycles. The molecule has 3 rings (SSSR count). The Kier molecular flexibility index (Phi) is 7.77. The topological polar surface area (TPSA) is 109 Å². The number of fused-ring (bicyclic) bond motifs is 1. The van der Waals surface area contributed by atoms with Crippen molar-refractivity contribution in [2.75, 3.05) is 58.3 Å². The van der Waals surface area contributed by atoms with Crippen molar-refractivity contribution in [2.45, 2.75) is 12.8 Å². The molecule has 0 spiro atoms. The summed E-state index contributed by atoms with van der Waals surface area (Å²) in [6.45, 7) is 1.55. The first-order valence-electron chi connectivity index (χ1n) is 10.4. The van der Waals surface area contributed by atoms with E-state index >= 15 is 0 Å². The van der Waals surface area contributed by atoms with Gasteiger partial charge in [-0.3, -0.25) is 9.78 Å². The van der Waals surface area contributed by atoms with E-state index < -0.39 is 0 Å². The number of nitrogens with one attached hydrogen (secondary N) is 2. The predicted molar refractivity (Wildman–Crippen MR) is 126 cm³/mol. The lowest BCUT2D eigenvalue weighted by Crippen LogP contribution is -2.19. The summed E-state index contributed by atoms with van der Waals surface area (Å²) in [6.07, 6.45) is 1.48. The van der Waals surface area contributed by atoms with E-state index in [2.05, 4.69) is 32.3 Å². The van der Waals surface area contributed by atoms with Gasteiger partial charge in [-0.2, -0.15) is 0 Å². The first kappa shape index (κ1) is 23.2. The first-order valence-corrected chi connectivity index (χ1v) is 10.4. The highest BCUT2D eigenvalue weighted by Gasteiger charge is 2.19. The molecule has 0 aliphatic carbocycles. The van der Waals surface area contributed by atoms with Gasteiger partial charge in [0.25, 0.3) is 5.56 Å². The minimum Gasteiger partial charge on any atom is -0.493 e. The zero-order valence-corrected chi connectivity index (χ0v) is 18.9. The second kappa shape index (κ2) is 10.7. The van der Waals surface area contributed by atoms with E-state index in [0.29, 0.717) is 34.9 Å². The molecular weight excluding hydrogens is 412 g/mol. The summed E-state index contributed by atoms with van der Waals surface area (Å²) in [7, 11) is 6.49. The molecule has 9 nitrogen and oxygen atoms in total. The summed E-state index contributed by atoms with van der Waals surface area (Å²) < 4.78 is 16.1. The molecule has 9 heteroatoms. The number of rotatable bonds is 11. The molecular formula is C23H30N4O5. The van der Waals surface area contributed by atoms with Crippen LogP contribution in [-0.4, -0.2) is 63.1 Å². The highest BCUT2D eigenvalue weighted by molar-refractivity contribution is 5.90. The van der Waals surface area contributed by atoms with Crippen molar-refractivity contribution >= 4 is 22.5 Å². The largest absolute Gasteiger partial charge is 0.493 e. The lowest BCUT2D eigenvalue weighted by Gasteiger charge is -2.19. The van der Waals surface area contributed by atoms with Crippen LogP contribution >= 0.6 is 0 Å². The Morgan fingerprint density at radius 2 is 1.91 bits per heavy atom. The molecule has 0 aliphatic rings. The number of aliphatic hydroxyl groups is 1. The van der Waals surface area contributed by atoms with Crippen LogP contribution in [-0.2, 0) is 6.42 Å². The number of aromatic nitrogens is 2. The summed E-state index contributed by atoms with van der Waals surface area (Å²) in [5.41, 5.74) is 2.37. The second-order valence-corrected chi connectivity index (χ2v) is 7.30. The van der Waals surface area contributed by atoms with Crippen LogP contribution < -0.4 is 30.0 Å². The Bertz CT molecular complexity index is 1120. The van der Waals surface area contributed by atoms with Gasteiger partial charge in [-0.1, -0.05) is 12.1 Å². The van der Waals surface area contributed by atoms with E-state index in [1.54, 1.807) is 6.07 Å². The van der Waals surface area contributed by atoms with Crippen LogP contribution in [0.5, 0.6) is 17.2 Å². The van der Waals surface area contributed by atoms with E-state index in [9.17, 15) is 4.79 Å². The normalized spacial score (nSPS) is 10.8. The highest BCUT2D eigenvalue weighted by Crippen LogP contribution is 2.41. The van der Waals surface area contributed by atoms with Crippen molar-refractivity contribution in [1.82, 2.24) is 9.97 Å². The zero-order chi connectivity index (χ0) is 23.1. The van der Waals surface area contributed by atoms with Gasteiger partial charge >= 0.3 is 0 Å². The van der Waals surface area contributed by atoms with Gasteiger partial charge in [0.15, 0.2) is 11.5 Å². The molecule has 1 heterocycles. The Morgan fingerprint density at radius 3 is 2.59 bits per heavy atom.